The largest absolute Gasteiger partial charge is 0.497 e. The lowest BCUT2D eigenvalue weighted by atomic mass is 10.1. The summed E-state index contributed by atoms with van der Waals surface area (Å²) in [6.45, 7) is 4.81. The van der Waals surface area contributed by atoms with Gasteiger partial charge in [-0.25, -0.2) is 8.42 Å². The van der Waals surface area contributed by atoms with Crippen molar-refractivity contribution in [2.75, 3.05) is 38.4 Å². The van der Waals surface area contributed by atoms with E-state index in [1.165, 1.54) is 38.4 Å². The molecule has 0 aromatic heterocycles. The molecule has 2 amide bonds. The van der Waals surface area contributed by atoms with Crippen LogP contribution in [0.25, 0.3) is 0 Å². The predicted octanol–water partition coefficient (Wildman–Crippen LogP) is 2.42. The van der Waals surface area contributed by atoms with Gasteiger partial charge in [0, 0.05) is 18.7 Å². The zero-order valence-corrected chi connectivity index (χ0v) is 22.6. The third kappa shape index (κ3) is 7.51. The Morgan fingerprint density at radius 1 is 0.944 bits per heavy atom. The summed E-state index contributed by atoms with van der Waals surface area (Å²) in [5, 5.41) is 2.81. The van der Waals surface area contributed by atoms with Crippen molar-refractivity contribution in [3.63, 3.8) is 0 Å². The van der Waals surface area contributed by atoms with Gasteiger partial charge >= 0.3 is 0 Å². The first-order valence-electron chi connectivity index (χ1n) is 11.3. The van der Waals surface area contributed by atoms with Gasteiger partial charge in [0.25, 0.3) is 0 Å². The van der Waals surface area contributed by atoms with Crippen LogP contribution < -0.4 is 23.8 Å². The van der Waals surface area contributed by atoms with Gasteiger partial charge in [0.2, 0.25) is 21.8 Å². The average molecular weight is 522 g/mol. The number of carbonyl (C=O) groups excluding carboxylic acids is 2. The first-order valence-corrected chi connectivity index (χ1v) is 13.2. The molecule has 2 rings (SSSR count). The summed E-state index contributed by atoms with van der Waals surface area (Å²) in [7, 11) is 0.566. The molecule has 1 N–H and O–H groups in total. The topological polar surface area (TPSA) is 114 Å². The van der Waals surface area contributed by atoms with Gasteiger partial charge in [-0.2, -0.15) is 0 Å². The third-order valence-corrected chi connectivity index (χ3v) is 6.56. The molecule has 2 aromatic carbocycles. The number of hydrogen-bond acceptors (Lipinski definition) is 7. The van der Waals surface area contributed by atoms with Crippen LogP contribution in [0.3, 0.4) is 0 Å². The summed E-state index contributed by atoms with van der Waals surface area (Å²) in [6, 6.07) is 10.7. The number of sulfonamides is 1. The minimum absolute atomic E-state index is 0.0756. The van der Waals surface area contributed by atoms with E-state index in [0.29, 0.717) is 17.2 Å². The summed E-state index contributed by atoms with van der Waals surface area (Å²) < 4.78 is 42.2. The smallest absolute Gasteiger partial charge is 0.244 e. The number of rotatable bonds is 12. The predicted molar refractivity (Wildman–Crippen MR) is 138 cm³/mol. The van der Waals surface area contributed by atoms with Crippen molar-refractivity contribution in [3.05, 3.63) is 48.0 Å². The molecule has 0 saturated heterocycles. The Labute approximate surface area is 213 Å². The molecular weight excluding hydrogens is 486 g/mol. The molecule has 0 heterocycles. The summed E-state index contributed by atoms with van der Waals surface area (Å²) in [5.41, 5.74) is 0.952. The Morgan fingerprint density at radius 3 is 2.17 bits per heavy atom. The van der Waals surface area contributed by atoms with Crippen LogP contribution in [0.2, 0.25) is 0 Å². The second kappa shape index (κ2) is 12.5. The Bertz CT molecular complexity index is 1170. The van der Waals surface area contributed by atoms with E-state index in [1.54, 1.807) is 37.3 Å². The molecule has 10 nitrogen and oxygen atoms in total. The fourth-order valence-corrected chi connectivity index (χ4v) is 4.39. The summed E-state index contributed by atoms with van der Waals surface area (Å²) >= 11 is 0. The lowest BCUT2D eigenvalue weighted by Gasteiger charge is -2.32. The number of ether oxygens (including phenoxy) is 3. The molecule has 0 aliphatic heterocycles. The highest BCUT2D eigenvalue weighted by Gasteiger charge is 2.30. The third-order valence-electron chi connectivity index (χ3n) is 5.42. The first-order chi connectivity index (χ1) is 16.9. The summed E-state index contributed by atoms with van der Waals surface area (Å²) in [4.78, 5) is 27.8. The minimum atomic E-state index is -3.87. The van der Waals surface area contributed by atoms with E-state index in [1.807, 2.05) is 13.8 Å². The maximum atomic E-state index is 13.6. The molecule has 0 spiro atoms. The molecular formula is C25H35N3O7S. The fourth-order valence-electron chi connectivity index (χ4n) is 3.55. The average Bonchev–Trinajstić information content (AvgIpc) is 2.83. The second-order valence-electron chi connectivity index (χ2n) is 8.52. The van der Waals surface area contributed by atoms with E-state index >= 15 is 0 Å². The van der Waals surface area contributed by atoms with Gasteiger partial charge in [0.05, 0.1) is 33.3 Å². The van der Waals surface area contributed by atoms with Gasteiger partial charge in [-0.05, 0) is 50.6 Å². The second-order valence-corrected chi connectivity index (χ2v) is 10.4. The van der Waals surface area contributed by atoms with Crippen molar-refractivity contribution < 1.29 is 32.2 Å². The van der Waals surface area contributed by atoms with Crippen molar-refractivity contribution in [1.29, 1.82) is 0 Å². The molecule has 1 atom stereocenters. The van der Waals surface area contributed by atoms with Crippen molar-refractivity contribution in [1.82, 2.24) is 10.2 Å². The van der Waals surface area contributed by atoms with Gasteiger partial charge in [0.15, 0.2) is 11.5 Å². The molecule has 0 radical (unpaired) electrons. The number of nitrogens with one attached hydrogen (secondary N) is 1. The zero-order valence-electron chi connectivity index (χ0n) is 21.8. The van der Waals surface area contributed by atoms with Crippen molar-refractivity contribution in [3.8, 4) is 17.2 Å². The molecule has 0 aliphatic rings. The van der Waals surface area contributed by atoms with E-state index in [4.69, 9.17) is 14.2 Å². The maximum absolute atomic E-state index is 13.6. The van der Waals surface area contributed by atoms with Crippen LogP contribution >= 0.6 is 0 Å². The quantitative estimate of drug-likeness (QED) is 0.456. The summed E-state index contributed by atoms with van der Waals surface area (Å²) in [5.74, 6) is 0.429. The van der Waals surface area contributed by atoms with Crippen LogP contribution in [-0.2, 0) is 26.2 Å². The van der Waals surface area contributed by atoms with E-state index in [0.717, 1.165) is 16.1 Å². The first kappa shape index (κ1) is 28.8. The number of anilines is 1. The Kier molecular flexibility index (Phi) is 9.97. The molecule has 2 aromatic rings. The molecule has 0 fully saturated rings. The SMILES string of the molecule is COc1cccc(CN(C(=O)CN(c2ccc(OC)c(OC)c2)S(C)(=O)=O)C(C)C(=O)NC(C)C)c1. The van der Waals surface area contributed by atoms with E-state index < -0.39 is 28.5 Å². The standard InChI is InChI=1S/C25H35N3O7S/c1-17(2)26-25(30)18(3)27(15-19-9-8-10-21(13-19)33-4)24(29)16-28(36(7,31)32)20-11-12-22(34-5)23(14-20)35-6/h8-14,17-18H,15-16H2,1-7H3,(H,26,30). The Morgan fingerprint density at radius 2 is 1.61 bits per heavy atom. The zero-order chi connectivity index (χ0) is 27.0. The summed E-state index contributed by atoms with van der Waals surface area (Å²) in [6.07, 6.45) is 1.01. The van der Waals surface area contributed by atoms with Crippen LogP contribution in [0, 0.1) is 0 Å². The minimum Gasteiger partial charge on any atom is -0.497 e. The van der Waals surface area contributed by atoms with Crippen molar-refractivity contribution in [2.45, 2.75) is 39.4 Å². The van der Waals surface area contributed by atoms with E-state index in [2.05, 4.69) is 5.32 Å². The van der Waals surface area contributed by atoms with Crippen molar-refractivity contribution in [2.24, 2.45) is 0 Å². The van der Waals surface area contributed by atoms with Crippen molar-refractivity contribution >= 4 is 27.5 Å². The fraction of sp³-hybridized carbons (Fsp3) is 0.440. The molecule has 198 valence electrons. The molecule has 1 unspecified atom stereocenters. The van der Waals surface area contributed by atoms with E-state index in [9.17, 15) is 18.0 Å². The van der Waals surface area contributed by atoms with Crippen LogP contribution in [0.15, 0.2) is 42.5 Å². The molecule has 0 bridgehead atoms. The number of hydrogen-bond donors (Lipinski definition) is 1. The highest BCUT2D eigenvalue weighted by Crippen LogP contribution is 2.32. The monoisotopic (exact) mass is 521 g/mol. The van der Waals surface area contributed by atoms with Gasteiger partial charge in [-0.3, -0.25) is 13.9 Å². The highest BCUT2D eigenvalue weighted by atomic mass is 32.2. The van der Waals surface area contributed by atoms with E-state index in [-0.39, 0.29) is 24.2 Å². The van der Waals surface area contributed by atoms with Crippen LogP contribution in [-0.4, -0.2) is 71.3 Å². The van der Waals surface area contributed by atoms with Crippen LogP contribution in [0.4, 0.5) is 5.69 Å². The number of carbonyl (C=O) groups is 2. The molecule has 36 heavy (non-hydrogen) atoms. The lowest BCUT2D eigenvalue weighted by Crippen LogP contribution is -2.52. The van der Waals surface area contributed by atoms with Crippen LogP contribution in [0.1, 0.15) is 26.3 Å². The molecule has 0 aliphatic carbocycles. The van der Waals surface area contributed by atoms with Gasteiger partial charge in [0.1, 0.15) is 18.3 Å². The van der Waals surface area contributed by atoms with Gasteiger partial charge in [-0.1, -0.05) is 12.1 Å². The number of amides is 2. The number of benzene rings is 2. The van der Waals surface area contributed by atoms with Gasteiger partial charge < -0.3 is 24.4 Å². The maximum Gasteiger partial charge on any atom is 0.244 e. The number of nitrogens with zero attached hydrogens (tertiary/aromatic N) is 2. The lowest BCUT2D eigenvalue weighted by molar-refractivity contribution is -0.139. The normalized spacial score (nSPS) is 12.0. The Balaban J connectivity index is 2.45. The van der Waals surface area contributed by atoms with Crippen LogP contribution in [0.5, 0.6) is 17.2 Å². The molecule has 11 heteroatoms. The van der Waals surface area contributed by atoms with Gasteiger partial charge in [-0.15, -0.1) is 0 Å². The Hall–Kier alpha value is -3.47. The molecule has 0 saturated carbocycles. The highest BCUT2D eigenvalue weighted by molar-refractivity contribution is 7.92. The number of methoxy groups -OCH3 is 3.